The summed E-state index contributed by atoms with van der Waals surface area (Å²) in [5.74, 6) is 1.26. The number of nitrogens with one attached hydrogen (secondary N) is 1. The normalized spacial score (nSPS) is 14.2. The number of hydrogen-bond donors (Lipinski definition) is 1. The minimum absolute atomic E-state index is 0.381. The molecule has 1 aromatic heterocycles. The lowest BCUT2D eigenvalue weighted by Crippen LogP contribution is -2.15. The molecule has 0 bridgehead atoms. The number of pyridine rings is 1. The highest BCUT2D eigenvalue weighted by Gasteiger charge is 2.28. The van der Waals surface area contributed by atoms with Crippen molar-refractivity contribution in [1.82, 2.24) is 10.3 Å². The van der Waals surface area contributed by atoms with E-state index >= 15 is 0 Å². The SMILES string of the molecule is C=C/C(NC)=C(\C)N=C(C=C(C)C)C(CCC)CCCC(=O)C1CC1.CC.CCc1cccnc1. The van der Waals surface area contributed by atoms with Gasteiger partial charge in [0.15, 0.2) is 0 Å². The highest BCUT2D eigenvalue weighted by atomic mass is 16.1. The Morgan fingerprint density at radius 3 is 2.34 bits per heavy atom. The largest absolute Gasteiger partial charge is 0.387 e. The predicted octanol–water partition coefficient (Wildman–Crippen LogP) is 8.27. The number of aryl methyl sites for hydroxylation is 1. The third-order valence-electron chi connectivity index (χ3n) is 5.79. The molecule has 1 unspecified atom stereocenters. The maximum absolute atomic E-state index is 12.0. The zero-order valence-electron chi connectivity index (χ0n) is 23.8. The van der Waals surface area contributed by atoms with Crippen LogP contribution in [0, 0.1) is 11.8 Å². The van der Waals surface area contributed by atoms with E-state index in [1.54, 1.807) is 6.20 Å². The fraction of sp³-hybridized carbons (Fsp3) is 0.581. The number of aliphatic imine (C=N–C) groups is 1. The highest BCUT2D eigenvalue weighted by Crippen LogP contribution is 2.32. The van der Waals surface area contributed by atoms with Gasteiger partial charge in [0.05, 0.1) is 11.4 Å². The molecule has 1 aliphatic rings. The summed E-state index contributed by atoms with van der Waals surface area (Å²) in [5.41, 5.74) is 5.60. The van der Waals surface area contributed by atoms with Crippen molar-refractivity contribution in [2.24, 2.45) is 16.8 Å². The number of allylic oxidation sites excluding steroid dienone is 4. The number of rotatable bonds is 13. The summed E-state index contributed by atoms with van der Waals surface area (Å²) in [6.45, 7) is 18.4. The molecule has 0 aliphatic heterocycles. The summed E-state index contributed by atoms with van der Waals surface area (Å²) in [5, 5.41) is 3.15. The monoisotopic (exact) mass is 481 g/mol. The van der Waals surface area contributed by atoms with Gasteiger partial charge in [-0.1, -0.05) is 52.3 Å². The van der Waals surface area contributed by atoms with Crippen LogP contribution in [-0.2, 0) is 11.2 Å². The molecule has 0 saturated heterocycles. The van der Waals surface area contributed by atoms with Crippen molar-refractivity contribution in [2.75, 3.05) is 7.05 Å². The molecule has 0 aromatic carbocycles. The fourth-order valence-electron chi connectivity index (χ4n) is 3.75. The molecule has 4 heteroatoms. The van der Waals surface area contributed by atoms with Crippen LogP contribution in [0.3, 0.4) is 0 Å². The summed E-state index contributed by atoms with van der Waals surface area (Å²) in [4.78, 5) is 20.8. The maximum atomic E-state index is 12.0. The second kappa shape index (κ2) is 19.8. The molecule has 1 saturated carbocycles. The van der Waals surface area contributed by atoms with Crippen molar-refractivity contribution in [3.63, 3.8) is 0 Å². The molecule has 0 spiro atoms. The molecular formula is C31H51N3O. The minimum Gasteiger partial charge on any atom is -0.387 e. The van der Waals surface area contributed by atoms with Crippen molar-refractivity contribution < 1.29 is 4.79 Å². The van der Waals surface area contributed by atoms with Crippen LogP contribution in [0.1, 0.15) is 99.0 Å². The molecule has 1 N–H and O–H groups in total. The number of ketones is 1. The van der Waals surface area contributed by atoms with Crippen LogP contribution in [0.4, 0.5) is 0 Å². The van der Waals surface area contributed by atoms with Crippen molar-refractivity contribution in [3.05, 3.63) is 65.8 Å². The molecular weight excluding hydrogens is 430 g/mol. The van der Waals surface area contributed by atoms with E-state index in [2.05, 4.69) is 56.7 Å². The smallest absolute Gasteiger partial charge is 0.135 e. The number of Topliss-reactive ketones (excluding diaryl/α,β-unsaturated/α-hetero) is 1. The van der Waals surface area contributed by atoms with Crippen LogP contribution in [0.15, 0.2) is 65.2 Å². The molecule has 1 aliphatic carbocycles. The average Bonchev–Trinajstić information content (AvgIpc) is 3.71. The number of likely N-dealkylation sites (N-methyl/N-ethyl adjacent to an activating group) is 1. The molecule has 35 heavy (non-hydrogen) atoms. The molecule has 1 aromatic rings. The number of carbonyl (C=O) groups excluding carboxylic acids is 1. The lowest BCUT2D eigenvalue weighted by atomic mass is 9.90. The standard InChI is InChI=1S/C22H36N2O.C7H9N.C2H6/c1-7-10-18(11-9-12-22(25)19-13-14-19)21(15-16(3)4)24-17(5)20(8-2)23-6;1-2-7-4-3-5-8-6-7;1-2/h8,15,18-19,23H,2,7,9-14H2,1,3-6H3;3-6H,2H2,1H3;1-2H3/b20-17-,24-21?;;. The summed E-state index contributed by atoms with van der Waals surface area (Å²) in [7, 11) is 1.89. The first-order valence-electron chi connectivity index (χ1n) is 13.5. The fourth-order valence-corrected chi connectivity index (χ4v) is 3.75. The number of nitrogens with zero attached hydrogens (tertiary/aromatic N) is 2. The lowest BCUT2D eigenvalue weighted by Gasteiger charge is -2.18. The molecule has 4 nitrogen and oxygen atoms in total. The first kappa shape index (κ1) is 32.5. The average molecular weight is 482 g/mol. The Hall–Kier alpha value is -2.49. The van der Waals surface area contributed by atoms with Crippen molar-refractivity contribution in [1.29, 1.82) is 0 Å². The van der Waals surface area contributed by atoms with Gasteiger partial charge in [0.25, 0.3) is 0 Å². The van der Waals surface area contributed by atoms with Gasteiger partial charge in [0, 0.05) is 43.4 Å². The van der Waals surface area contributed by atoms with Crippen LogP contribution in [-0.4, -0.2) is 23.5 Å². The Balaban J connectivity index is 0.000000961. The minimum atomic E-state index is 0.381. The quantitative estimate of drug-likeness (QED) is 0.228. The molecule has 0 amide bonds. The Kier molecular flexibility index (Phi) is 18.4. The van der Waals surface area contributed by atoms with E-state index in [-0.39, 0.29) is 0 Å². The van der Waals surface area contributed by atoms with Gasteiger partial charge >= 0.3 is 0 Å². The summed E-state index contributed by atoms with van der Waals surface area (Å²) in [6.07, 6.45) is 16.0. The van der Waals surface area contributed by atoms with Crippen LogP contribution in [0.5, 0.6) is 0 Å². The van der Waals surface area contributed by atoms with E-state index in [1.165, 1.54) is 11.1 Å². The van der Waals surface area contributed by atoms with Gasteiger partial charge in [-0.3, -0.25) is 14.8 Å². The van der Waals surface area contributed by atoms with Gasteiger partial charge < -0.3 is 5.32 Å². The lowest BCUT2D eigenvalue weighted by molar-refractivity contribution is -0.120. The van der Waals surface area contributed by atoms with E-state index < -0.39 is 0 Å². The van der Waals surface area contributed by atoms with Gasteiger partial charge in [-0.2, -0.15) is 0 Å². The molecule has 196 valence electrons. The van der Waals surface area contributed by atoms with E-state index in [4.69, 9.17) is 4.99 Å². The van der Waals surface area contributed by atoms with Crippen LogP contribution >= 0.6 is 0 Å². The second-order valence-corrected chi connectivity index (χ2v) is 9.04. The summed E-state index contributed by atoms with van der Waals surface area (Å²) in [6, 6.07) is 4.03. The Labute approximate surface area is 216 Å². The third-order valence-corrected chi connectivity index (χ3v) is 5.79. The molecule has 1 atom stereocenters. The predicted molar refractivity (Wildman–Crippen MR) is 154 cm³/mol. The third kappa shape index (κ3) is 14.5. The zero-order valence-corrected chi connectivity index (χ0v) is 23.8. The van der Waals surface area contributed by atoms with Crippen molar-refractivity contribution in [3.8, 4) is 0 Å². The van der Waals surface area contributed by atoms with Crippen molar-refractivity contribution >= 4 is 11.5 Å². The second-order valence-electron chi connectivity index (χ2n) is 9.04. The zero-order chi connectivity index (χ0) is 26.6. The first-order chi connectivity index (χ1) is 16.9. The molecule has 0 radical (unpaired) electrons. The van der Waals surface area contributed by atoms with Crippen LogP contribution < -0.4 is 5.32 Å². The van der Waals surface area contributed by atoms with Gasteiger partial charge in [-0.05, 0) is 83.1 Å². The summed E-state index contributed by atoms with van der Waals surface area (Å²) < 4.78 is 0. The highest BCUT2D eigenvalue weighted by molar-refractivity contribution is 5.98. The van der Waals surface area contributed by atoms with Crippen LogP contribution in [0.2, 0.25) is 0 Å². The molecule has 1 fully saturated rings. The number of hydrogen-bond acceptors (Lipinski definition) is 4. The Bertz CT molecular complexity index is 813. The Morgan fingerprint density at radius 2 is 1.91 bits per heavy atom. The van der Waals surface area contributed by atoms with Crippen LogP contribution in [0.25, 0.3) is 0 Å². The molecule has 1 heterocycles. The van der Waals surface area contributed by atoms with Gasteiger partial charge in [0.2, 0.25) is 0 Å². The Morgan fingerprint density at radius 1 is 1.23 bits per heavy atom. The van der Waals surface area contributed by atoms with E-state index in [0.717, 1.165) is 68.5 Å². The molecule has 2 rings (SSSR count). The van der Waals surface area contributed by atoms with E-state index in [1.807, 2.05) is 46.2 Å². The van der Waals surface area contributed by atoms with Crippen molar-refractivity contribution in [2.45, 2.75) is 99.8 Å². The van der Waals surface area contributed by atoms with Gasteiger partial charge in [-0.25, -0.2) is 0 Å². The van der Waals surface area contributed by atoms with E-state index in [9.17, 15) is 4.79 Å². The number of carbonyl (C=O) groups is 1. The maximum Gasteiger partial charge on any atom is 0.135 e. The number of aromatic nitrogens is 1. The van der Waals surface area contributed by atoms with E-state index in [0.29, 0.717) is 17.6 Å². The van der Waals surface area contributed by atoms with Gasteiger partial charge in [-0.15, -0.1) is 0 Å². The first-order valence-corrected chi connectivity index (χ1v) is 13.5. The topological polar surface area (TPSA) is 54.4 Å². The summed E-state index contributed by atoms with van der Waals surface area (Å²) >= 11 is 0. The van der Waals surface area contributed by atoms with Gasteiger partial charge in [0.1, 0.15) is 5.78 Å².